The highest BCUT2D eigenvalue weighted by molar-refractivity contribution is 5.99. The highest BCUT2D eigenvalue weighted by Gasteiger charge is 2.28. The molecular formula is C38H34F3N3O4. The number of amides is 3. The van der Waals surface area contributed by atoms with Crippen LogP contribution in [0.25, 0.3) is 10.8 Å². The molecule has 0 heterocycles. The van der Waals surface area contributed by atoms with E-state index in [-0.39, 0.29) is 30.9 Å². The molecule has 7 nitrogen and oxygen atoms in total. The molecule has 1 N–H and O–H groups in total. The number of likely N-dealkylation sites (N-methyl/N-ethyl adjacent to an activating group) is 1. The van der Waals surface area contributed by atoms with Crippen LogP contribution in [0.4, 0.5) is 18.9 Å². The van der Waals surface area contributed by atoms with Crippen molar-refractivity contribution in [1.29, 1.82) is 0 Å². The summed E-state index contributed by atoms with van der Waals surface area (Å²) in [6, 6.07) is 27.3. The van der Waals surface area contributed by atoms with Gasteiger partial charge in [-0.3, -0.25) is 14.4 Å². The Morgan fingerprint density at radius 3 is 2.04 bits per heavy atom. The van der Waals surface area contributed by atoms with Gasteiger partial charge in [0, 0.05) is 31.8 Å². The number of nitrogens with zero attached hydrogens (tertiary/aromatic N) is 2. The van der Waals surface area contributed by atoms with Crippen molar-refractivity contribution in [2.45, 2.75) is 25.4 Å². The summed E-state index contributed by atoms with van der Waals surface area (Å²) < 4.78 is 47.0. The molecule has 0 fully saturated rings. The highest BCUT2D eigenvalue weighted by atomic mass is 19.1. The van der Waals surface area contributed by atoms with E-state index in [2.05, 4.69) is 5.32 Å². The standard InChI is InChI=1S/C38H34F3N3O4/c1-43(33-13-15-34(48-2)16-14-33)38(47)35(20-27-18-31(40)22-32(41)19-27)42-36(45)24-44(23-25-8-11-30(39)12-9-25)37(46)21-26-7-10-28-5-3-4-6-29(28)17-26/h3-19,22,35H,20-21,23-24H2,1-2H3,(H,42,45). The maximum Gasteiger partial charge on any atom is 0.249 e. The lowest BCUT2D eigenvalue weighted by atomic mass is 10.0. The van der Waals surface area contributed by atoms with Crippen LogP contribution >= 0.6 is 0 Å². The molecule has 5 aromatic rings. The number of fused-ring (bicyclic) bond motifs is 1. The van der Waals surface area contributed by atoms with Gasteiger partial charge in [0.2, 0.25) is 17.7 Å². The Hall–Kier alpha value is -5.64. The van der Waals surface area contributed by atoms with E-state index in [9.17, 15) is 27.6 Å². The molecule has 0 saturated heterocycles. The first-order chi connectivity index (χ1) is 23.1. The normalized spacial score (nSPS) is 11.5. The second kappa shape index (κ2) is 15.3. The summed E-state index contributed by atoms with van der Waals surface area (Å²) in [5.74, 6) is -3.09. The number of carbonyl (C=O) groups excluding carboxylic acids is 3. The van der Waals surface area contributed by atoms with Gasteiger partial charge in [-0.2, -0.15) is 0 Å². The highest BCUT2D eigenvalue weighted by Crippen LogP contribution is 2.21. The first-order valence-electron chi connectivity index (χ1n) is 15.2. The van der Waals surface area contributed by atoms with Crippen molar-refractivity contribution in [2.24, 2.45) is 0 Å². The van der Waals surface area contributed by atoms with Gasteiger partial charge < -0.3 is 19.9 Å². The minimum absolute atomic E-state index is 0.000410. The topological polar surface area (TPSA) is 79.0 Å². The van der Waals surface area contributed by atoms with E-state index in [1.165, 1.54) is 48.2 Å². The summed E-state index contributed by atoms with van der Waals surface area (Å²) in [6.45, 7) is -0.434. The SMILES string of the molecule is COc1ccc(N(C)C(=O)C(Cc2cc(F)cc(F)c2)NC(=O)CN(Cc2ccc(F)cc2)C(=O)Cc2ccc3ccccc3c2)cc1. The van der Waals surface area contributed by atoms with E-state index < -0.39 is 41.9 Å². The van der Waals surface area contributed by atoms with Gasteiger partial charge in [0.1, 0.15) is 29.2 Å². The minimum atomic E-state index is -1.24. The van der Waals surface area contributed by atoms with Gasteiger partial charge in [0.25, 0.3) is 0 Å². The molecule has 0 aromatic heterocycles. The number of methoxy groups -OCH3 is 1. The van der Waals surface area contributed by atoms with Crippen molar-refractivity contribution >= 4 is 34.2 Å². The van der Waals surface area contributed by atoms with E-state index in [1.807, 2.05) is 42.5 Å². The van der Waals surface area contributed by atoms with Crippen molar-refractivity contribution in [3.63, 3.8) is 0 Å². The third-order valence-corrected chi connectivity index (χ3v) is 7.93. The lowest BCUT2D eigenvalue weighted by Gasteiger charge is -2.27. The van der Waals surface area contributed by atoms with Gasteiger partial charge in [-0.05, 0) is 76.0 Å². The average molecular weight is 654 g/mol. The second-order valence-electron chi connectivity index (χ2n) is 11.4. The molecule has 246 valence electrons. The number of halogens is 3. The first kappa shape index (κ1) is 33.7. The molecule has 48 heavy (non-hydrogen) atoms. The molecule has 0 aliphatic rings. The van der Waals surface area contributed by atoms with E-state index >= 15 is 0 Å². The Balaban J connectivity index is 1.38. The Labute approximate surface area is 276 Å². The number of rotatable bonds is 12. The molecule has 0 aliphatic heterocycles. The predicted molar refractivity (Wildman–Crippen MR) is 178 cm³/mol. The van der Waals surface area contributed by atoms with E-state index in [4.69, 9.17) is 4.74 Å². The second-order valence-corrected chi connectivity index (χ2v) is 11.4. The third-order valence-electron chi connectivity index (χ3n) is 7.93. The number of hydrogen-bond acceptors (Lipinski definition) is 4. The van der Waals surface area contributed by atoms with Crippen molar-refractivity contribution < 1.29 is 32.3 Å². The summed E-state index contributed by atoms with van der Waals surface area (Å²) in [6.07, 6.45) is -0.229. The Morgan fingerprint density at radius 1 is 0.729 bits per heavy atom. The van der Waals surface area contributed by atoms with Gasteiger partial charge in [-0.15, -0.1) is 0 Å². The maximum absolute atomic E-state index is 14.1. The molecule has 0 radical (unpaired) electrons. The van der Waals surface area contributed by atoms with Gasteiger partial charge in [0.05, 0.1) is 20.1 Å². The Morgan fingerprint density at radius 2 is 1.38 bits per heavy atom. The maximum atomic E-state index is 14.1. The van der Waals surface area contributed by atoms with Gasteiger partial charge >= 0.3 is 0 Å². The number of nitrogens with one attached hydrogen (secondary N) is 1. The monoisotopic (exact) mass is 653 g/mol. The zero-order chi connectivity index (χ0) is 34.2. The molecule has 0 saturated carbocycles. The number of hydrogen-bond donors (Lipinski definition) is 1. The molecule has 3 amide bonds. The minimum Gasteiger partial charge on any atom is -0.497 e. The van der Waals surface area contributed by atoms with Crippen molar-refractivity contribution in [1.82, 2.24) is 10.2 Å². The molecule has 0 aliphatic carbocycles. The fraction of sp³-hybridized carbons (Fsp3) is 0.184. The lowest BCUT2D eigenvalue weighted by Crippen LogP contribution is -2.51. The van der Waals surface area contributed by atoms with Crippen molar-refractivity contribution in [3.05, 3.63) is 143 Å². The van der Waals surface area contributed by atoms with Gasteiger partial charge in [-0.1, -0.05) is 54.6 Å². The van der Waals surface area contributed by atoms with Crippen LogP contribution in [0.5, 0.6) is 5.75 Å². The quantitative estimate of drug-likeness (QED) is 0.173. The van der Waals surface area contributed by atoms with Crippen LogP contribution in [-0.2, 0) is 33.8 Å². The first-order valence-corrected chi connectivity index (χ1v) is 15.2. The van der Waals surface area contributed by atoms with E-state index in [0.717, 1.165) is 34.5 Å². The largest absolute Gasteiger partial charge is 0.497 e. The zero-order valence-electron chi connectivity index (χ0n) is 26.5. The lowest BCUT2D eigenvalue weighted by molar-refractivity contribution is -0.136. The third kappa shape index (κ3) is 8.79. The van der Waals surface area contributed by atoms with Crippen LogP contribution in [0.3, 0.4) is 0 Å². The van der Waals surface area contributed by atoms with Crippen LogP contribution < -0.4 is 15.0 Å². The van der Waals surface area contributed by atoms with Crippen molar-refractivity contribution in [3.8, 4) is 5.75 Å². The summed E-state index contributed by atoms with van der Waals surface area (Å²) in [5.41, 5.74) is 1.99. The van der Waals surface area contributed by atoms with Crippen LogP contribution in [0.15, 0.2) is 109 Å². The fourth-order valence-corrected chi connectivity index (χ4v) is 5.42. The van der Waals surface area contributed by atoms with Crippen LogP contribution in [0.1, 0.15) is 16.7 Å². The number of benzene rings is 5. The predicted octanol–water partition coefficient (Wildman–Crippen LogP) is 6.23. The van der Waals surface area contributed by atoms with E-state index in [1.54, 1.807) is 24.3 Å². The van der Waals surface area contributed by atoms with Gasteiger partial charge in [0.15, 0.2) is 0 Å². The number of carbonyl (C=O) groups is 3. The Bertz CT molecular complexity index is 1900. The van der Waals surface area contributed by atoms with Crippen LogP contribution in [-0.4, -0.2) is 49.4 Å². The summed E-state index contributed by atoms with van der Waals surface area (Å²) in [4.78, 5) is 43.7. The van der Waals surface area contributed by atoms with Gasteiger partial charge in [-0.25, -0.2) is 13.2 Å². The zero-order valence-corrected chi connectivity index (χ0v) is 26.5. The summed E-state index contributed by atoms with van der Waals surface area (Å²) in [5, 5.41) is 4.67. The van der Waals surface area contributed by atoms with E-state index in [0.29, 0.717) is 17.0 Å². The molecule has 5 rings (SSSR count). The molecule has 0 spiro atoms. The Kier molecular flexibility index (Phi) is 10.7. The summed E-state index contributed by atoms with van der Waals surface area (Å²) >= 11 is 0. The molecule has 1 atom stereocenters. The smallest absolute Gasteiger partial charge is 0.249 e. The average Bonchev–Trinajstić information content (AvgIpc) is 3.07. The van der Waals surface area contributed by atoms with Crippen molar-refractivity contribution in [2.75, 3.05) is 25.6 Å². The molecule has 5 aromatic carbocycles. The summed E-state index contributed by atoms with van der Waals surface area (Å²) in [7, 11) is 3.03. The van der Waals surface area contributed by atoms with Crippen LogP contribution in [0, 0.1) is 17.5 Å². The number of anilines is 1. The molecule has 0 bridgehead atoms. The molecule has 10 heteroatoms. The number of ether oxygens (including phenoxy) is 1. The van der Waals surface area contributed by atoms with Crippen LogP contribution in [0.2, 0.25) is 0 Å². The molecule has 1 unspecified atom stereocenters. The molecular weight excluding hydrogens is 619 g/mol. The fourth-order valence-electron chi connectivity index (χ4n) is 5.42.